The van der Waals surface area contributed by atoms with E-state index in [2.05, 4.69) is 60.9 Å². The van der Waals surface area contributed by atoms with E-state index in [0.717, 1.165) is 3.70 Å². The van der Waals surface area contributed by atoms with E-state index in [1.165, 1.54) is 3.70 Å². The third-order valence-corrected chi connectivity index (χ3v) is 3.84. The van der Waals surface area contributed by atoms with Crippen molar-refractivity contribution < 1.29 is 28.5 Å². The number of nitrogens with zero attached hydrogens (tertiary/aromatic N) is 4. The molecule has 2 aromatic heterocycles. The van der Waals surface area contributed by atoms with Crippen molar-refractivity contribution in [2.75, 3.05) is 0 Å². The van der Waals surface area contributed by atoms with Crippen LogP contribution in [0.4, 0.5) is 0 Å². The zero-order valence-electron chi connectivity index (χ0n) is 9.23. The SMILES string of the molecule is C.C.C.C.Cn1c[n+](C)cc1I.Cn1cncc1I.[I-]. The minimum Gasteiger partial charge on any atom is -1.00 e. The maximum absolute atomic E-state index is 3.88. The Morgan fingerprint density at radius 3 is 1.60 bits per heavy atom. The first-order valence-electron chi connectivity index (χ1n) is 4.29. The first-order valence-corrected chi connectivity index (χ1v) is 6.45. The molecule has 0 spiro atoms. The molecule has 0 amide bonds. The molecule has 0 aliphatic carbocycles. The highest BCUT2D eigenvalue weighted by Gasteiger charge is 2.00. The van der Waals surface area contributed by atoms with Gasteiger partial charge < -0.3 is 28.5 Å². The van der Waals surface area contributed by atoms with Crippen molar-refractivity contribution in [2.45, 2.75) is 29.7 Å². The van der Waals surface area contributed by atoms with Crippen LogP contribution in [0.15, 0.2) is 25.0 Å². The van der Waals surface area contributed by atoms with Crippen molar-refractivity contribution in [2.24, 2.45) is 21.1 Å². The molecule has 0 aromatic carbocycles. The lowest BCUT2D eigenvalue weighted by Gasteiger charge is -1.85. The summed E-state index contributed by atoms with van der Waals surface area (Å²) in [5.41, 5.74) is 0. The minimum absolute atomic E-state index is 0. The molecule has 0 bridgehead atoms. The third-order valence-electron chi connectivity index (χ3n) is 1.76. The summed E-state index contributed by atoms with van der Waals surface area (Å²) < 4.78 is 8.48. The average Bonchev–Trinajstić information content (AvgIpc) is 2.63. The Hall–Kier alpha value is 0.610. The highest BCUT2D eigenvalue weighted by Crippen LogP contribution is 1.98. The average molecular weight is 622 g/mol. The molecule has 0 aliphatic heterocycles. The fourth-order valence-electron chi connectivity index (χ4n) is 0.962. The van der Waals surface area contributed by atoms with Crippen LogP contribution in [0.2, 0.25) is 0 Å². The lowest BCUT2D eigenvalue weighted by atomic mass is 10.9. The highest BCUT2D eigenvalue weighted by molar-refractivity contribution is 14.1. The number of rotatable bonds is 0. The molecule has 4 nitrogen and oxygen atoms in total. The second-order valence-electron chi connectivity index (χ2n) is 3.17. The standard InChI is InChI=1S/C5H8IN2.C4H5IN2.4CH4.HI/c1-7-3-5(6)8(2)4-7;1-7-3-6-2-4(7)5;;;;;/h3-4H,1-2H3;2-3H,1H3;4*1H4;1H/q+1;;;;;;/p-1. The van der Waals surface area contributed by atoms with Gasteiger partial charge in [0.15, 0.2) is 0 Å². The van der Waals surface area contributed by atoms with Crippen LogP contribution in [0.3, 0.4) is 0 Å². The van der Waals surface area contributed by atoms with E-state index in [0.29, 0.717) is 0 Å². The van der Waals surface area contributed by atoms with Crippen LogP contribution in [-0.2, 0) is 21.1 Å². The number of imidazole rings is 2. The molecule has 0 saturated carbocycles. The maximum Gasteiger partial charge on any atom is 0.244 e. The Bertz CT molecular complexity index is 403. The number of aryl methyl sites for hydroxylation is 3. The van der Waals surface area contributed by atoms with Gasteiger partial charge in [-0.25, -0.2) is 14.1 Å². The first-order chi connectivity index (χ1) is 7.00. The van der Waals surface area contributed by atoms with Gasteiger partial charge in [0.1, 0.15) is 6.20 Å². The van der Waals surface area contributed by atoms with E-state index < -0.39 is 0 Å². The Morgan fingerprint density at radius 2 is 1.50 bits per heavy atom. The van der Waals surface area contributed by atoms with Crippen molar-refractivity contribution in [3.05, 3.63) is 32.4 Å². The van der Waals surface area contributed by atoms with Crippen LogP contribution in [0, 0.1) is 7.40 Å². The van der Waals surface area contributed by atoms with Crippen LogP contribution in [-0.4, -0.2) is 14.1 Å². The molecule has 0 fully saturated rings. The van der Waals surface area contributed by atoms with Gasteiger partial charge in [-0.3, -0.25) is 0 Å². The summed E-state index contributed by atoms with van der Waals surface area (Å²) in [6.07, 6.45) is 7.70. The van der Waals surface area contributed by atoms with Gasteiger partial charge in [-0.15, -0.1) is 0 Å². The largest absolute Gasteiger partial charge is 1.00 e. The topological polar surface area (TPSA) is 26.6 Å². The maximum atomic E-state index is 3.88. The molecule has 0 N–H and O–H groups in total. The number of hydrogen-bond donors (Lipinski definition) is 0. The predicted octanol–water partition coefficient (Wildman–Crippen LogP) is 1.03. The summed E-state index contributed by atoms with van der Waals surface area (Å²) in [4.78, 5) is 3.88. The molecule has 0 aliphatic rings. The Balaban J connectivity index is -0.0000000603. The molecule has 7 heteroatoms. The Labute approximate surface area is 169 Å². The fraction of sp³-hybridized carbons (Fsp3) is 0.538. The lowest BCUT2D eigenvalue weighted by Crippen LogP contribution is -3.00. The van der Waals surface area contributed by atoms with Gasteiger partial charge in [0.05, 0.1) is 30.3 Å². The normalized spacial score (nSPS) is 7.25. The fourth-order valence-corrected chi connectivity index (χ4v) is 1.81. The molecule has 0 radical (unpaired) electrons. The monoisotopic (exact) mass is 622 g/mol. The molecular weight excluding hydrogens is 593 g/mol. The molecule has 2 heterocycles. The second kappa shape index (κ2) is 16.0. The number of halogens is 3. The number of hydrogen-bond acceptors (Lipinski definition) is 1. The molecule has 2 aromatic rings. The van der Waals surface area contributed by atoms with Gasteiger partial charge in [0.2, 0.25) is 10.0 Å². The van der Waals surface area contributed by atoms with Crippen molar-refractivity contribution in [3.8, 4) is 0 Å². The van der Waals surface area contributed by atoms with Gasteiger partial charge in [-0.05, 0) is 22.6 Å². The molecular formula is C13H29I3N4. The Morgan fingerprint density at radius 1 is 1.00 bits per heavy atom. The summed E-state index contributed by atoms with van der Waals surface area (Å²) in [5.74, 6) is 0. The summed E-state index contributed by atoms with van der Waals surface area (Å²) >= 11 is 4.51. The molecule has 20 heavy (non-hydrogen) atoms. The van der Waals surface area contributed by atoms with E-state index >= 15 is 0 Å². The van der Waals surface area contributed by atoms with Crippen molar-refractivity contribution >= 4 is 45.2 Å². The van der Waals surface area contributed by atoms with Crippen LogP contribution < -0.4 is 28.5 Å². The smallest absolute Gasteiger partial charge is 0.244 e. The lowest BCUT2D eigenvalue weighted by molar-refractivity contribution is -0.671. The van der Waals surface area contributed by atoms with Crippen molar-refractivity contribution in [3.63, 3.8) is 0 Å². The van der Waals surface area contributed by atoms with E-state index in [-0.39, 0.29) is 53.7 Å². The van der Waals surface area contributed by atoms with Crippen LogP contribution in [0.25, 0.3) is 0 Å². The quantitative estimate of drug-likeness (QED) is 0.319. The minimum atomic E-state index is 0. The summed E-state index contributed by atoms with van der Waals surface area (Å²) in [6.45, 7) is 0. The molecule has 0 unspecified atom stereocenters. The van der Waals surface area contributed by atoms with Gasteiger partial charge in [0, 0.05) is 29.6 Å². The van der Waals surface area contributed by atoms with E-state index in [4.69, 9.17) is 0 Å². The third kappa shape index (κ3) is 11.3. The zero-order chi connectivity index (χ0) is 11.4. The predicted molar refractivity (Wildman–Crippen MR) is 102 cm³/mol. The van der Waals surface area contributed by atoms with E-state index in [9.17, 15) is 0 Å². The summed E-state index contributed by atoms with van der Waals surface area (Å²) in [5, 5.41) is 0. The molecule has 0 saturated heterocycles. The highest BCUT2D eigenvalue weighted by atomic mass is 127. The van der Waals surface area contributed by atoms with E-state index in [1.54, 1.807) is 6.33 Å². The van der Waals surface area contributed by atoms with Gasteiger partial charge >= 0.3 is 0 Å². The second-order valence-corrected chi connectivity index (χ2v) is 5.38. The van der Waals surface area contributed by atoms with Crippen molar-refractivity contribution in [1.29, 1.82) is 0 Å². The molecule has 122 valence electrons. The molecule has 0 atom stereocenters. The van der Waals surface area contributed by atoms with Gasteiger partial charge in [0.25, 0.3) is 0 Å². The van der Waals surface area contributed by atoms with Crippen molar-refractivity contribution in [1.82, 2.24) is 14.1 Å². The van der Waals surface area contributed by atoms with Crippen LogP contribution in [0.5, 0.6) is 0 Å². The van der Waals surface area contributed by atoms with Gasteiger partial charge in [-0.1, -0.05) is 29.7 Å². The van der Waals surface area contributed by atoms with E-state index in [1.807, 2.05) is 42.8 Å². The first kappa shape index (κ1) is 32.5. The number of aromatic nitrogens is 4. The van der Waals surface area contributed by atoms with Crippen LogP contribution in [0.1, 0.15) is 29.7 Å². The summed E-state index contributed by atoms with van der Waals surface area (Å²) in [6, 6.07) is 0. The molecule has 2 rings (SSSR count). The van der Waals surface area contributed by atoms with Crippen LogP contribution >= 0.6 is 45.2 Å². The zero-order valence-corrected chi connectivity index (χ0v) is 15.7. The summed E-state index contributed by atoms with van der Waals surface area (Å²) in [7, 11) is 6.01. The van der Waals surface area contributed by atoms with Gasteiger partial charge in [-0.2, -0.15) is 0 Å². The Kier molecular flexibility index (Phi) is 26.0.